The van der Waals surface area contributed by atoms with Crippen molar-refractivity contribution in [2.45, 2.75) is 33.4 Å². The van der Waals surface area contributed by atoms with Gasteiger partial charge in [0, 0.05) is 37.9 Å². The van der Waals surface area contributed by atoms with Crippen LogP contribution in [0.3, 0.4) is 0 Å². The molecule has 3 heterocycles. The Kier molecular flexibility index (Phi) is 4.69. The number of carbonyl (C=O) groups excluding carboxylic acids is 1. The SMILES string of the molecule is CC(C)[C@H]1C(=O)N2C(C(=O)O)=C(CN(C)CCn3ccnc3)[C@H](C)[C@H]12. The maximum absolute atomic E-state index is 12.5. The lowest BCUT2D eigenvalue weighted by molar-refractivity contribution is -0.159. The number of nitrogens with zero attached hydrogens (tertiary/aromatic N) is 4. The minimum Gasteiger partial charge on any atom is -0.477 e. The van der Waals surface area contributed by atoms with E-state index < -0.39 is 5.97 Å². The first-order valence-electron chi connectivity index (χ1n) is 8.76. The highest BCUT2D eigenvalue weighted by atomic mass is 16.4. The number of aliphatic carboxylic acids is 1. The molecule has 7 heteroatoms. The minimum absolute atomic E-state index is 0.00403. The van der Waals surface area contributed by atoms with Crippen LogP contribution >= 0.6 is 0 Å². The van der Waals surface area contributed by atoms with Gasteiger partial charge < -0.3 is 19.5 Å². The normalized spacial score (nSPS) is 25.8. The molecule has 2 aliphatic heterocycles. The van der Waals surface area contributed by atoms with Crippen LogP contribution in [0.2, 0.25) is 0 Å². The summed E-state index contributed by atoms with van der Waals surface area (Å²) in [5.74, 6) is -0.808. The lowest BCUT2D eigenvalue weighted by Gasteiger charge is -2.47. The molecule has 25 heavy (non-hydrogen) atoms. The molecule has 2 aliphatic rings. The van der Waals surface area contributed by atoms with E-state index in [0.29, 0.717) is 6.54 Å². The van der Waals surface area contributed by atoms with Crippen LogP contribution in [-0.2, 0) is 16.1 Å². The van der Waals surface area contributed by atoms with Crippen molar-refractivity contribution >= 4 is 11.9 Å². The van der Waals surface area contributed by atoms with Crippen molar-refractivity contribution < 1.29 is 14.7 Å². The van der Waals surface area contributed by atoms with Crippen molar-refractivity contribution in [3.8, 4) is 0 Å². The van der Waals surface area contributed by atoms with Gasteiger partial charge in [-0.2, -0.15) is 0 Å². The molecule has 1 fully saturated rings. The number of β-lactam (4-membered cyclic amide) rings is 1. The first-order chi connectivity index (χ1) is 11.8. The van der Waals surface area contributed by atoms with Crippen molar-refractivity contribution in [1.29, 1.82) is 0 Å². The number of aromatic nitrogens is 2. The van der Waals surface area contributed by atoms with Crippen LogP contribution in [-0.4, -0.2) is 62.5 Å². The summed E-state index contributed by atoms with van der Waals surface area (Å²) in [5.41, 5.74) is 1.07. The molecule has 1 aromatic rings. The van der Waals surface area contributed by atoms with Crippen LogP contribution in [0.4, 0.5) is 0 Å². The van der Waals surface area contributed by atoms with Gasteiger partial charge in [0.25, 0.3) is 0 Å². The number of rotatable bonds is 7. The maximum atomic E-state index is 12.5. The number of carbonyl (C=O) groups is 2. The topological polar surface area (TPSA) is 78.7 Å². The van der Waals surface area contributed by atoms with Crippen molar-refractivity contribution in [2.75, 3.05) is 20.1 Å². The number of hydrogen-bond donors (Lipinski definition) is 1. The summed E-state index contributed by atoms with van der Waals surface area (Å²) in [5, 5.41) is 9.68. The number of hydrogen-bond acceptors (Lipinski definition) is 4. The van der Waals surface area contributed by atoms with E-state index in [-0.39, 0.29) is 35.4 Å². The summed E-state index contributed by atoms with van der Waals surface area (Å²) in [6, 6.07) is -0.00403. The van der Waals surface area contributed by atoms with Gasteiger partial charge in [-0.3, -0.25) is 4.79 Å². The third-order valence-corrected chi connectivity index (χ3v) is 5.46. The molecule has 1 saturated heterocycles. The first-order valence-corrected chi connectivity index (χ1v) is 8.76. The van der Waals surface area contributed by atoms with Crippen LogP contribution in [0.25, 0.3) is 0 Å². The fourth-order valence-electron chi connectivity index (χ4n) is 4.12. The van der Waals surface area contributed by atoms with Crippen molar-refractivity contribution in [1.82, 2.24) is 19.4 Å². The summed E-state index contributed by atoms with van der Waals surface area (Å²) in [6.07, 6.45) is 5.42. The Labute approximate surface area is 147 Å². The van der Waals surface area contributed by atoms with Crippen LogP contribution in [0.15, 0.2) is 30.0 Å². The van der Waals surface area contributed by atoms with Crippen LogP contribution in [0, 0.1) is 17.8 Å². The second-order valence-electron chi connectivity index (χ2n) is 7.47. The molecule has 0 bridgehead atoms. The Morgan fingerprint density at radius 3 is 2.72 bits per heavy atom. The average Bonchev–Trinajstić information content (AvgIpc) is 3.12. The highest BCUT2D eigenvalue weighted by Gasteiger charge is 2.58. The Balaban J connectivity index is 1.74. The smallest absolute Gasteiger partial charge is 0.352 e. The van der Waals surface area contributed by atoms with Gasteiger partial charge in [-0.25, -0.2) is 9.78 Å². The van der Waals surface area contributed by atoms with Crippen molar-refractivity contribution in [3.05, 3.63) is 30.0 Å². The summed E-state index contributed by atoms with van der Waals surface area (Å²) >= 11 is 0. The number of carboxylic acids is 1. The Bertz CT molecular complexity index is 695. The number of likely N-dealkylation sites (N-methyl/N-ethyl adjacent to an activating group) is 1. The van der Waals surface area contributed by atoms with Gasteiger partial charge in [-0.15, -0.1) is 0 Å². The molecule has 0 radical (unpaired) electrons. The molecule has 1 N–H and O–H groups in total. The highest BCUT2D eigenvalue weighted by molar-refractivity contribution is 5.99. The van der Waals surface area contributed by atoms with E-state index in [1.807, 2.05) is 31.7 Å². The second kappa shape index (κ2) is 6.63. The minimum atomic E-state index is -0.997. The predicted molar refractivity (Wildman–Crippen MR) is 92.5 cm³/mol. The number of imidazole rings is 1. The highest BCUT2D eigenvalue weighted by Crippen LogP contribution is 2.48. The zero-order valence-corrected chi connectivity index (χ0v) is 15.2. The largest absolute Gasteiger partial charge is 0.477 e. The lowest BCUT2D eigenvalue weighted by Crippen LogP contribution is -2.62. The molecule has 1 aromatic heterocycles. The molecular formula is C18H26N4O3. The average molecular weight is 346 g/mol. The van der Waals surface area contributed by atoms with Crippen LogP contribution in [0.5, 0.6) is 0 Å². The van der Waals surface area contributed by atoms with Gasteiger partial charge in [0.1, 0.15) is 5.70 Å². The molecule has 3 atom stereocenters. The van der Waals surface area contributed by atoms with Gasteiger partial charge in [-0.1, -0.05) is 20.8 Å². The molecule has 0 saturated carbocycles. The molecule has 0 spiro atoms. The molecule has 0 aliphatic carbocycles. The molecule has 3 rings (SSSR count). The number of amides is 1. The molecule has 1 amide bonds. The van der Waals surface area contributed by atoms with E-state index in [4.69, 9.17) is 0 Å². The summed E-state index contributed by atoms with van der Waals surface area (Å²) in [4.78, 5) is 31.9. The molecule has 7 nitrogen and oxygen atoms in total. The standard InChI is InChI=1S/C18H26N4O3/c1-11(2)14-15-12(3)13(16(18(24)25)22(15)17(14)23)9-20(4)7-8-21-6-5-19-10-21/h5-6,10-12,14-15H,7-9H2,1-4H3,(H,24,25)/t12-,14+,15+/m0/s1. The Morgan fingerprint density at radius 1 is 1.44 bits per heavy atom. The fourth-order valence-corrected chi connectivity index (χ4v) is 4.12. The summed E-state index contributed by atoms with van der Waals surface area (Å²) < 4.78 is 1.99. The molecular weight excluding hydrogens is 320 g/mol. The number of fused-ring (bicyclic) bond motifs is 1. The van der Waals surface area contributed by atoms with Gasteiger partial charge >= 0.3 is 5.97 Å². The Morgan fingerprint density at radius 2 is 2.16 bits per heavy atom. The molecule has 0 unspecified atom stereocenters. The molecule has 136 valence electrons. The van der Waals surface area contributed by atoms with E-state index in [2.05, 4.69) is 16.8 Å². The second-order valence-corrected chi connectivity index (χ2v) is 7.47. The van der Waals surface area contributed by atoms with E-state index in [1.165, 1.54) is 4.90 Å². The van der Waals surface area contributed by atoms with Gasteiger partial charge in [0.05, 0.1) is 18.3 Å². The monoisotopic (exact) mass is 346 g/mol. The third kappa shape index (κ3) is 2.97. The van der Waals surface area contributed by atoms with Crippen LogP contribution < -0.4 is 0 Å². The fraction of sp³-hybridized carbons (Fsp3) is 0.611. The zero-order valence-electron chi connectivity index (χ0n) is 15.2. The van der Waals surface area contributed by atoms with Gasteiger partial charge in [-0.05, 0) is 18.5 Å². The van der Waals surface area contributed by atoms with Crippen molar-refractivity contribution in [3.63, 3.8) is 0 Å². The zero-order chi connectivity index (χ0) is 18.3. The van der Waals surface area contributed by atoms with E-state index in [1.54, 1.807) is 12.5 Å². The van der Waals surface area contributed by atoms with Gasteiger partial charge in [0.2, 0.25) is 5.91 Å². The molecule has 0 aromatic carbocycles. The van der Waals surface area contributed by atoms with Gasteiger partial charge in [0.15, 0.2) is 0 Å². The number of carboxylic acid groups (broad SMARTS) is 1. The summed E-state index contributed by atoms with van der Waals surface area (Å²) in [6.45, 7) is 8.24. The van der Waals surface area contributed by atoms with Crippen molar-refractivity contribution in [2.24, 2.45) is 17.8 Å². The van der Waals surface area contributed by atoms with E-state index in [0.717, 1.165) is 18.7 Å². The van der Waals surface area contributed by atoms with E-state index >= 15 is 0 Å². The quantitative estimate of drug-likeness (QED) is 0.753. The summed E-state index contributed by atoms with van der Waals surface area (Å²) in [7, 11) is 1.98. The predicted octanol–water partition coefficient (Wildman–Crippen LogP) is 1.29. The maximum Gasteiger partial charge on any atom is 0.352 e. The Hall–Kier alpha value is -2.15. The first kappa shape index (κ1) is 17.7. The van der Waals surface area contributed by atoms with Crippen LogP contribution in [0.1, 0.15) is 20.8 Å². The third-order valence-electron chi connectivity index (χ3n) is 5.46. The van der Waals surface area contributed by atoms with E-state index in [9.17, 15) is 14.7 Å². The lowest BCUT2D eigenvalue weighted by atomic mass is 9.74.